The Labute approximate surface area is 154 Å². The molecule has 1 saturated heterocycles. The number of likely N-dealkylation sites (tertiary alicyclic amines) is 1. The van der Waals surface area contributed by atoms with Crippen molar-refractivity contribution in [2.45, 2.75) is 38.8 Å². The summed E-state index contributed by atoms with van der Waals surface area (Å²) in [5.41, 5.74) is 1.63. The van der Waals surface area contributed by atoms with Gasteiger partial charge in [0.25, 0.3) is 5.91 Å². The Hall–Kier alpha value is -2.57. The average Bonchev–Trinajstić information content (AvgIpc) is 2.61. The van der Waals surface area contributed by atoms with Gasteiger partial charge in [-0.2, -0.15) is 0 Å². The third-order valence-corrected chi connectivity index (χ3v) is 4.66. The molecule has 1 fully saturated rings. The zero-order valence-electron chi connectivity index (χ0n) is 15.9. The van der Waals surface area contributed by atoms with E-state index in [2.05, 4.69) is 10.6 Å². The van der Waals surface area contributed by atoms with Crippen LogP contribution in [0.4, 0.5) is 4.79 Å². The molecule has 0 radical (unpaired) electrons. The van der Waals surface area contributed by atoms with Gasteiger partial charge in [0.1, 0.15) is 6.04 Å². The monoisotopic (exact) mass is 360 g/mol. The summed E-state index contributed by atoms with van der Waals surface area (Å²) in [6, 6.07) is 6.74. The third-order valence-electron chi connectivity index (χ3n) is 4.66. The van der Waals surface area contributed by atoms with E-state index >= 15 is 0 Å². The highest BCUT2D eigenvalue weighted by atomic mass is 16.2. The quantitative estimate of drug-likeness (QED) is 0.851. The second kappa shape index (κ2) is 8.69. The molecule has 0 bridgehead atoms. The number of amides is 4. The number of aryl methyl sites for hydroxylation is 1. The van der Waals surface area contributed by atoms with Gasteiger partial charge < -0.3 is 20.4 Å². The standard InChI is InChI=1S/C19H28N4O3/c1-13-7-5-6-8-16(13)17(24)21-15-9-11-23(12-10-15)19(26)20-14(2)18(25)22(3)4/h5-8,14-15H,9-12H2,1-4H3,(H,20,26)(H,21,24). The minimum atomic E-state index is -0.559. The smallest absolute Gasteiger partial charge is 0.318 e. The van der Waals surface area contributed by atoms with Gasteiger partial charge in [0.05, 0.1) is 0 Å². The topological polar surface area (TPSA) is 81.8 Å². The lowest BCUT2D eigenvalue weighted by Crippen LogP contribution is -2.53. The van der Waals surface area contributed by atoms with Crippen molar-refractivity contribution in [3.8, 4) is 0 Å². The fourth-order valence-electron chi connectivity index (χ4n) is 3.04. The molecule has 7 nitrogen and oxygen atoms in total. The van der Waals surface area contributed by atoms with Crippen molar-refractivity contribution in [3.05, 3.63) is 35.4 Å². The van der Waals surface area contributed by atoms with Crippen LogP contribution in [0.1, 0.15) is 35.7 Å². The molecule has 1 heterocycles. The largest absolute Gasteiger partial charge is 0.349 e. The molecule has 26 heavy (non-hydrogen) atoms. The first-order valence-electron chi connectivity index (χ1n) is 8.92. The normalized spacial score (nSPS) is 15.9. The maximum atomic E-state index is 12.4. The lowest BCUT2D eigenvalue weighted by Gasteiger charge is -2.33. The fourth-order valence-corrected chi connectivity index (χ4v) is 3.04. The first-order valence-corrected chi connectivity index (χ1v) is 8.92. The molecule has 2 N–H and O–H groups in total. The third kappa shape index (κ3) is 4.97. The van der Waals surface area contributed by atoms with Gasteiger partial charge in [-0.15, -0.1) is 0 Å². The SMILES string of the molecule is Cc1ccccc1C(=O)NC1CCN(C(=O)NC(C)C(=O)N(C)C)CC1. The highest BCUT2D eigenvalue weighted by molar-refractivity contribution is 5.95. The summed E-state index contributed by atoms with van der Waals surface area (Å²) in [5.74, 6) is -0.213. The maximum Gasteiger partial charge on any atom is 0.318 e. The molecule has 1 aromatic carbocycles. The Morgan fingerprint density at radius 1 is 1.15 bits per heavy atom. The molecule has 0 saturated carbocycles. The summed E-state index contributed by atoms with van der Waals surface area (Å²) in [6.07, 6.45) is 1.39. The molecular formula is C19H28N4O3. The molecule has 2 rings (SSSR count). The zero-order valence-corrected chi connectivity index (χ0v) is 15.9. The van der Waals surface area contributed by atoms with Gasteiger partial charge in [-0.1, -0.05) is 18.2 Å². The Balaban J connectivity index is 1.81. The van der Waals surface area contributed by atoms with Crippen LogP contribution in [0.2, 0.25) is 0 Å². The lowest BCUT2D eigenvalue weighted by atomic mass is 10.0. The van der Waals surface area contributed by atoms with Crippen LogP contribution in [0.3, 0.4) is 0 Å². The Kier molecular flexibility index (Phi) is 6.60. The zero-order chi connectivity index (χ0) is 19.3. The van der Waals surface area contributed by atoms with Crippen LogP contribution < -0.4 is 10.6 Å². The van der Waals surface area contributed by atoms with Crippen LogP contribution in [0, 0.1) is 6.92 Å². The molecule has 1 aliphatic heterocycles. The molecule has 1 atom stereocenters. The average molecular weight is 360 g/mol. The van der Waals surface area contributed by atoms with E-state index in [0.717, 1.165) is 5.56 Å². The van der Waals surface area contributed by atoms with Gasteiger partial charge in [0.15, 0.2) is 0 Å². The van der Waals surface area contributed by atoms with E-state index in [1.165, 1.54) is 4.90 Å². The number of carbonyl (C=O) groups excluding carboxylic acids is 3. The van der Waals surface area contributed by atoms with Crippen molar-refractivity contribution in [3.63, 3.8) is 0 Å². The Bertz CT molecular complexity index is 667. The van der Waals surface area contributed by atoms with Crippen LogP contribution in [0.5, 0.6) is 0 Å². The molecule has 0 aromatic heterocycles. The molecule has 1 unspecified atom stereocenters. The van der Waals surface area contributed by atoms with Crippen molar-refractivity contribution < 1.29 is 14.4 Å². The minimum absolute atomic E-state index is 0.0481. The molecule has 0 spiro atoms. The fraction of sp³-hybridized carbons (Fsp3) is 0.526. The maximum absolute atomic E-state index is 12.4. The molecule has 4 amide bonds. The number of likely N-dealkylation sites (N-methyl/N-ethyl adjacent to an activating group) is 1. The van der Waals surface area contributed by atoms with Crippen LogP contribution >= 0.6 is 0 Å². The van der Waals surface area contributed by atoms with Crippen LogP contribution in [-0.4, -0.2) is 66.9 Å². The van der Waals surface area contributed by atoms with Gasteiger partial charge in [0, 0.05) is 38.8 Å². The lowest BCUT2D eigenvalue weighted by molar-refractivity contribution is -0.130. The number of nitrogens with zero attached hydrogens (tertiary/aromatic N) is 2. The Morgan fingerprint density at radius 2 is 1.77 bits per heavy atom. The minimum Gasteiger partial charge on any atom is -0.349 e. The predicted octanol–water partition coefficient (Wildman–Crippen LogP) is 1.38. The summed E-state index contributed by atoms with van der Waals surface area (Å²) in [7, 11) is 3.32. The molecule has 0 aliphatic carbocycles. The van der Waals surface area contributed by atoms with E-state index in [0.29, 0.717) is 31.5 Å². The Morgan fingerprint density at radius 3 is 2.35 bits per heavy atom. The number of piperidine rings is 1. The number of benzene rings is 1. The second-order valence-corrected chi connectivity index (χ2v) is 6.95. The first-order chi connectivity index (χ1) is 12.3. The summed E-state index contributed by atoms with van der Waals surface area (Å²) in [4.78, 5) is 39.7. The van der Waals surface area contributed by atoms with Gasteiger partial charge in [-0.3, -0.25) is 9.59 Å². The summed E-state index contributed by atoms with van der Waals surface area (Å²) in [5, 5.41) is 5.78. The van der Waals surface area contributed by atoms with E-state index in [1.807, 2.05) is 31.2 Å². The number of carbonyl (C=O) groups is 3. The second-order valence-electron chi connectivity index (χ2n) is 6.95. The van der Waals surface area contributed by atoms with Crippen LogP contribution in [-0.2, 0) is 4.79 Å². The van der Waals surface area contributed by atoms with Crippen molar-refractivity contribution in [1.29, 1.82) is 0 Å². The molecule has 1 aromatic rings. The molecule has 7 heteroatoms. The van der Waals surface area contributed by atoms with E-state index in [9.17, 15) is 14.4 Å². The summed E-state index contributed by atoms with van der Waals surface area (Å²) >= 11 is 0. The van der Waals surface area contributed by atoms with Crippen molar-refractivity contribution in [2.24, 2.45) is 0 Å². The van der Waals surface area contributed by atoms with Gasteiger partial charge in [0.2, 0.25) is 5.91 Å². The van der Waals surface area contributed by atoms with Gasteiger partial charge in [-0.25, -0.2) is 4.79 Å². The molecule has 1 aliphatic rings. The van der Waals surface area contributed by atoms with E-state index in [4.69, 9.17) is 0 Å². The van der Waals surface area contributed by atoms with E-state index in [-0.39, 0.29) is 23.9 Å². The van der Waals surface area contributed by atoms with Crippen molar-refractivity contribution >= 4 is 17.8 Å². The van der Waals surface area contributed by atoms with Crippen LogP contribution in [0.25, 0.3) is 0 Å². The van der Waals surface area contributed by atoms with Crippen LogP contribution in [0.15, 0.2) is 24.3 Å². The van der Waals surface area contributed by atoms with Crippen molar-refractivity contribution in [1.82, 2.24) is 20.4 Å². The van der Waals surface area contributed by atoms with Gasteiger partial charge >= 0.3 is 6.03 Å². The number of hydrogen-bond acceptors (Lipinski definition) is 3. The van der Waals surface area contributed by atoms with Crippen molar-refractivity contribution in [2.75, 3.05) is 27.2 Å². The molecule has 142 valence electrons. The highest BCUT2D eigenvalue weighted by Gasteiger charge is 2.26. The predicted molar refractivity (Wildman–Crippen MR) is 99.9 cm³/mol. The molecular weight excluding hydrogens is 332 g/mol. The first kappa shape index (κ1) is 19.8. The number of urea groups is 1. The highest BCUT2D eigenvalue weighted by Crippen LogP contribution is 2.13. The van der Waals surface area contributed by atoms with Gasteiger partial charge in [-0.05, 0) is 38.3 Å². The number of hydrogen-bond donors (Lipinski definition) is 2. The summed E-state index contributed by atoms with van der Waals surface area (Å²) in [6.45, 7) is 4.69. The van der Waals surface area contributed by atoms with E-state index in [1.54, 1.807) is 25.9 Å². The number of nitrogens with one attached hydrogen (secondary N) is 2. The summed E-state index contributed by atoms with van der Waals surface area (Å²) < 4.78 is 0. The van der Waals surface area contributed by atoms with E-state index < -0.39 is 6.04 Å². The number of rotatable bonds is 4.